The van der Waals surface area contributed by atoms with Crippen molar-refractivity contribution in [2.24, 2.45) is 0 Å². The molecular weight excluding hydrogens is 261 g/mol. The third-order valence-electron chi connectivity index (χ3n) is 2.50. The molecule has 1 rings (SSSR count). The Hall–Kier alpha value is -1.94. The van der Waals surface area contributed by atoms with Crippen LogP contribution < -0.4 is 0 Å². The Morgan fingerprint density at radius 2 is 2.06 bits per heavy atom. The Labute approximate surface area is 103 Å². The number of nitriles is 1. The van der Waals surface area contributed by atoms with Crippen LogP contribution in [0.2, 0.25) is 0 Å². The second-order valence-electron chi connectivity index (χ2n) is 3.70. The van der Waals surface area contributed by atoms with Gasteiger partial charge in [-0.1, -0.05) is 0 Å². The topological polar surface area (TPSA) is 95.2 Å². The van der Waals surface area contributed by atoms with Crippen LogP contribution in [0.25, 0.3) is 0 Å². The second kappa shape index (κ2) is 4.74. The van der Waals surface area contributed by atoms with E-state index in [9.17, 15) is 17.6 Å². The van der Waals surface area contributed by atoms with Crippen LogP contribution in [0.5, 0.6) is 0 Å². The molecule has 0 aromatic heterocycles. The van der Waals surface area contributed by atoms with Crippen molar-refractivity contribution >= 4 is 15.8 Å². The highest BCUT2D eigenvalue weighted by atomic mass is 32.2. The van der Waals surface area contributed by atoms with Gasteiger partial charge in [0, 0.05) is 5.56 Å². The lowest BCUT2D eigenvalue weighted by molar-refractivity contribution is 0.0696. The van der Waals surface area contributed by atoms with Crippen molar-refractivity contribution in [3.8, 4) is 6.07 Å². The molecule has 96 valence electrons. The lowest BCUT2D eigenvalue weighted by atomic mass is 10.1. The van der Waals surface area contributed by atoms with Gasteiger partial charge in [-0.15, -0.1) is 0 Å². The number of sulfone groups is 1. The fraction of sp³-hybridized carbons (Fsp3) is 0.273. The van der Waals surface area contributed by atoms with Gasteiger partial charge in [0.25, 0.3) is 0 Å². The zero-order valence-electron chi connectivity index (χ0n) is 9.64. The lowest BCUT2D eigenvalue weighted by Crippen LogP contribution is -2.18. The van der Waals surface area contributed by atoms with Crippen LogP contribution >= 0.6 is 0 Å². The van der Waals surface area contributed by atoms with Crippen LogP contribution in [0, 0.1) is 24.1 Å². The van der Waals surface area contributed by atoms with E-state index in [0.29, 0.717) is 0 Å². The molecule has 0 saturated heterocycles. The fourth-order valence-corrected chi connectivity index (χ4v) is 2.67. The van der Waals surface area contributed by atoms with Gasteiger partial charge in [-0.3, -0.25) is 0 Å². The summed E-state index contributed by atoms with van der Waals surface area (Å²) in [5, 5.41) is 16.0. The number of hydrogen-bond donors (Lipinski definition) is 1. The maximum Gasteiger partial charge on any atom is 0.335 e. The summed E-state index contributed by atoms with van der Waals surface area (Å²) < 4.78 is 37.3. The van der Waals surface area contributed by atoms with Crippen molar-refractivity contribution in [3.63, 3.8) is 0 Å². The lowest BCUT2D eigenvalue weighted by Gasteiger charge is -2.10. The van der Waals surface area contributed by atoms with E-state index in [-0.39, 0.29) is 5.56 Å². The number of halogens is 1. The summed E-state index contributed by atoms with van der Waals surface area (Å²) in [7, 11) is -4.06. The Bertz CT molecular complexity index is 646. The smallest absolute Gasteiger partial charge is 0.335 e. The van der Waals surface area contributed by atoms with Crippen molar-refractivity contribution in [1.29, 1.82) is 5.26 Å². The highest BCUT2D eigenvalue weighted by Crippen LogP contribution is 2.24. The van der Waals surface area contributed by atoms with Crippen molar-refractivity contribution in [2.45, 2.75) is 24.0 Å². The molecule has 1 atom stereocenters. The van der Waals surface area contributed by atoms with Gasteiger partial charge >= 0.3 is 5.97 Å². The molecule has 1 unspecified atom stereocenters. The van der Waals surface area contributed by atoms with Crippen molar-refractivity contribution < 1.29 is 22.7 Å². The molecule has 7 heteroatoms. The van der Waals surface area contributed by atoms with E-state index >= 15 is 0 Å². The number of aromatic carboxylic acids is 1. The average Bonchev–Trinajstić information content (AvgIpc) is 2.30. The maximum absolute atomic E-state index is 13.5. The maximum atomic E-state index is 13.5. The number of rotatable bonds is 3. The summed E-state index contributed by atoms with van der Waals surface area (Å²) in [6.07, 6.45) is 0. The first-order chi connectivity index (χ1) is 8.21. The van der Waals surface area contributed by atoms with Crippen LogP contribution in [0.1, 0.15) is 22.8 Å². The average molecular weight is 271 g/mol. The van der Waals surface area contributed by atoms with E-state index in [2.05, 4.69) is 0 Å². The highest BCUT2D eigenvalue weighted by Gasteiger charge is 2.27. The van der Waals surface area contributed by atoms with E-state index in [1.54, 1.807) is 6.07 Å². The molecule has 0 bridgehead atoms. The van der Waals surface area contributed by atoms with E-state index in [1.807, 2.05) is 0 Å². The minimum Gasteiger partial charge on any atom is -0.478 e. The molecule has 0 fully saturated rings. The molecule has 0 aliphatic carbocycles. The monoisotopic (exact) mass is 271 g/mol. The van der Waals surface area contributed by atoms with Crippen molar-refractivity contribution in [1.82, 2.24) is 0 Å². The minimum absolute atomic E-state index is 0.193. The van der Waals surface area contributed by atoms with Gasteiger partial charge in [0.2, 0.25) is 0 Å². The van der Waals surface area contributed by atoms with Crippen LogP contribution in [0.3, 0.4) is 0 Å². The van der Waals surface area contributed by atoms with Gasteiger partial charge in [0.05, 0.1) is 16.5 Å². The molecular formula is C11H10FNO4S. The van der Waals surface area contributed by atoms with Crippen LogP contribution in [-0.2, 0) is 9.84 Å². The standard InChI is InChI=1S/C11H10FNO4S/c1-6(5-13)18(16,17)10-4-8(11(14)15)3-9(12)7(10)2/h3-4,6H,1-2H3,(H,14,15). The largest absolute Gasteiger partial charge is 0.478 e. The quantitative estimate of drug-likeness (QED) is 0.899. The van der Waals surface area contributed by atoms with Crippen LogP contribution in [0.15, 0.2) is 17.0 Å². The van der Waals surface area contributed by atoms with Gasteiger partial charge in [-0.05, 0) is 26.0 Å². The van der Waals surface area contributed by atoms with E-state index in [1.165, 1.54) is 6.92 Å². The second-order valence-corrected chi connectivity index (χ2v) is 5.94. The molecule has 0 heterocycles. The molecule has 0 saturated carbocycles. The number of benzene rings is 1. The van der Waals surface area contributed by atoms with Gasteiger partial charge < -0.3 is 5.11 Å². The molecule has 0 aliphatic heterocycles. The van der Waals surface area contributed by atoms with E-state index in [4.69, 9.17) is 10.4 Å². The van der Waals surface area contributed by atoms with Crippen LogP contribution in [-0.4, -0.2) is 24.7 Å². The molecule has 1 aromatic rings. The van der Waals surface area contributed by atoms with Gasteiger partial charge in [0.15, 0.2) is 9.84 Å². The number of hydrogen-bond acceptors (Lipinski definition) is 4. The summed E-state index contributed by atoms with van der Waals surface area (Å²) >= 11 is 0. The summed E-state index contributed by atoms with van der Waals surface area (Å²) in [5.41, 5.74) is -0.663. The molecule has 18 heavy (non-hydrogen) atoms. The number of carbonyl (C=O) groups is 1. The predicted molar refractivity (Wildman–Crippen MR) is 60.4 cm³/mol. The highest BCUT2D eigenvalue weighted by molar-refractivity contribution is 7.92. The minimum atomic E-state index is -4.06. The number of nitrogens with zero attached hydrogens (tertiary/aromatic N) is 1. The molecule has 1 aromatic carbocycles. The fourth-order valence-electron chi connectivity index (χ4n) is 1.33. The molecule has 0 amide bonds. The Kier molecular flexibility index (Phi) is 3.72. The van der Waals surface area contributed by atoms with Gasteiger partial charge in [-0.2, -0.15) is 5.26 Å². The molecule has 1 N–H and O–H groups in total. The van der Waals surface area contributed by atoms with E-state index in [0.717, 1.165) is 19.1 Å². The first kappa shape index (κ1) is 14.1. The third-order valence-corrected chi connectivity index (χ3v) is 4.57. The normalized spacial score (nSPS) is 12.8. The van der Waals surface area contributed by atoms with Gasteiger partial charge in [-0.25, -0.2) is 17.6 Å². The summed E-state index contributed by atoms with van der Waals surface area (Å²) in [6.45, 7) is 2.37. The number of carboxylic acid groups (broad SMARTS) is 1. The van der Waals surface area contributed by atoms with Gasteiger partial charge in [0.1, 0.15) is 11.1 Å². The SMILES string of the molecule is Cc1c(F)cc(C(=O)O)cc1S(=O)(=O)C(C)C#N. The molecule has 5 nitrogen and oxygen atoms in total. The van der Waals surface area contributed by atoms with Crippen LogP contribution in [0.4, 0.5) is 4.39 Å². The molecule has 0 radical (unpaired) electrons. The Morgan fingerprint density at radius 3 is 2.50 bits per heavy atom. The Morgan fingerprint density at radius 1 is 1.50 bits per heavy atom. The first-order valence-corrected chi connectivity index (χ1v) is 6.43. The third kappa shape index (κ3) is 2.33. The van der Waals surface area contributed by atoms with E-state index < -0.39 is 37.3 Å². The molecule has 0 spiro atoms. The zero-order valence-corrected chi connectivity index (χ0v) is 10.5. The predicted octanol–water partition coefficient (Wildman–Crippen LogP) is 1.52. The van der Waals surface area contributed by atoms with Crippen molar-refractivity contribution in [2.75, 3.05) is 0 Å². The summed E-state index contributed by atoms with van der Waals surface area (Å²) in [5.74, 6) is -2.37. The zero-order chi connectivity index (χ0) is 14.1. The molecule has 0 aliphatic rings. The number of carboxylic acids is 1. The van der Waals surface area contributed by atoms with Crippen molar-refractivity contribution in [3.05, 3.63) is 29.1 Å². The first-order valence-electron chi connectivity index (χ1n) is 4.88. The summed E-state index contributed by atoms with van der Waals surface area (Å²) in [4.78, 5) is 10.3. The Balaban J connectivity index is 3.61. The summed E-state index contributed by atoms with van der Waals surface area (Å²) in [6, 6.07) is 3.15.